The van der Waals surface area contributed by atoms with Gasteiger partial charge in [-0.25, -0.2) is 0 Å². The maximum atomic E-state index is 3.25. The van der Waals surface area contributed by atoms with Crippen molar-refractivity contribution in [2.24, 2.45) is 11.8 Å². The topological polar surface area (TPSA) is 15.3 Å². The third-order valence-corrected chi connectivity index (χ3v) is 5.04. The van der Waals surface area contributed by atoms with Crippen molar-refractivity contribution in [2.45, 2.75) is 46.1 Å². The number of hydrogen-bond donors (Lipinski definition) is 1. The summed E-state index contributed by atoms with van der Waals surface area (Å²) in [6, 6.07) is 9.24. The summed E-state index contributed by atoms with van der Waals surface area (Å²) in [5.74, 6) is 2.37. The Morgan fingerprint density at radius 3 is 2.24 bits per heavy atom. The van der Waals surface area contributed by atoms with E-state index < -0.39 is 0 Å². The van der Waals surface area contributed by atoms with Crippen molar-refractivity contribution in [3.05, 3.63) is 35.4 Å². The van der Waals surface area contributed by atoms with E-state index in [0.717, 1.165) is 24.9 Å². The van der Waals surface area contributed by atoms with Crippen LogP contribution >= 0.6 is 0 Å². The second-order valence-electron chi connectivity index (χ2n) is 7.06. The number of nitrogens with one attached hydrogen (secondary N) is 1. The number of benzene rings is 1. The van der Waals surface area contributed by atoms with Gasteiger partial charge in [-0.2, -0.15) is 0 Å². The minimum Gasteiger partial charge on any atom is -0.319 e. The van der Waals surface area contributed by atoms with Crippen LogP contribution in [0.15, 0.2) is 24.3 Å². The zero-order chi connectivity index (χ0) is 15.2. The van der Waals surface area contributed by atoms with E-state index in [1.165, 1.54) is 37.1 Å². The zero-order valence-electron chi connectivity index (χ0n) is 14.2. The maximum absolute atomic E-state index is 3.25. The van der Waals surface area contributed by atoms with Crippen molar-refractivity contribution < 1.29 is 0 Å². The second-order valence-corrected chi connectivity index (χ2v) is 7.06. The van der Waals surface area contributed by atoms with Crippen molar-refractivity contribution in [3.8, 4) is 0 Å². The van der Waals surface area contributed by atoms with Crippen LogP contribution in [-0.2, 0) is 6.54 Å². The van der Waals surface area contributed by atoms with Crippen LogP contribution in [-0.4, -0.2) is 31.6 Å². The quantitative estimate of drug-likeness (QED) is 0.854. The summed E-state index contributed by atoms with van der Waals surface area (Å²) in [7, 11) is 2.02. The van der Waals surface area contributed by atoms with Crippen molar-refractivity contribution in [3.63, 3.8) is 0 Å². The van der Waals surface area contributed by atoms with Gasteiger partial charge < -0.3 is 5.32 Å². The highest BCUT2D eigenvalue weighted by atomic mass is 15.1. The predicted octanol–water partition coefficient (Wildman–Crippen LogP) is 3.88. The second kappa shape index (κ2) is 7.95. The summed E-state index contributed by atoms with van der Waals surface area (Å²) in [5.41, 5.74) is 2.89. The van der Waals surface area contributed by atoms with Crippen LogP contribution in [0.1, 0.15) is 50.7 Å². The lowest BCUT2D eigenvalue weighted by molar-refractivity contribution is 0.152. The molecule has 1 atom stereocenters. The van der Waals surface area contributed by atoms with Crippen molar-refractivity contribution in [1.82, 2.24) is 10.2 Å². The third kappa shape index (κ3) is 4.82. The molecule has 0 saturated carbocycles. The molecule has 1 aliphatic rings. The fourth-order valence-corrected chi connectivity index (χ4v) is 3.41. The molecule has 2 nitrogen and oxygen atoms in total. The molecule has 1 N–H and O–H groups in total. The molecule has 2 heteroatoms. The molecule has 1 heterocycles. The highest BCUT2D eigenvalue weighted by Crippen LogP contribution is 2.25. The summed E-state index contributed by atoms with van der Waals surface area (Å²) in [6.45, 7) is 11.7. The van der Waals surface area contributed by atoms with Crippen LogP contribution in [0.4, 0.5) is 0 Å². The summed E-state index contributed by atoms with van der Waals surface area (Å²) < 4.78 is 0. The lowest BCUT2D eigenvalue weighted by Gasteiger charge is -2.33. The van der Waals surface area contributed by atoms with Gasteiger partial charge in [-0.3, -0.25) is 4.90 Å². The van der Waals surface area contributed by atoms with E-state index in [4.69, 9.17) is 0 Å². The first-order chi connectivity index (χ1) is 10.1. The first kappa shape index (κ1) is 16.5. The fraction of sp³-hybridized carbons (Fsp3) is 0.684. The lowest BCUT2D eigenvalue weighted by Crippen LogP contribution is -2.34. The van der Waals surface area contributed by atoms with Crippen LogP contribution in [0.25, 0.3) is 0 Å². The Morgan fingerprint density at radius 1 is 1.10 bits per heavy atom. The summed E-state index contributed by atoms with van der Waals surface area (Å²) in [4.78, 5) is 2.62. The SMILES string of the molecule is CNCC(C)c1ccc(CN2CCC(C(C)C)CC2)cc1. The molecular formula is C19H32N2. The van der Waals surface area contributed by atoms with Crippen LogP contribution in [0.5, 0.6) is 0 Å². The van der Waals surface area contributed by atoms with Gasteiger partial charge in [-0.1, -0.05) is 45.0 Å². The molecule has 0 bridgehead atoms. The van der Waals surface area contributed by atoms with Crippen LogP contribution in [0.2, 0.25) is 0 Å². The largest absolute Gasteiger partial charge is 0.319 e. The van der Waals surface area contributed by atoms with Crippen molar-refractivity contribution >= 4 is 0 Å². The molecule has 0 aliphatic carbocycles. The Morgan fingerprint density at radius 2 is 1.71 bits per heavy atom. The van der Waals surface area contributed by atoms with E-state index >= 15 is 0 Å². The molecule has 0 aromatic heterocycles. The molecule has 0 amide bonds. The highest BCUT2D eigenvalue weighted by molar-refractivity contribution is 5.25. The predicted molar refractivity (Wildman–Crippen MR) is 91.6 cm³/mol. The van der Waals surface area contributed by atoms with Crippen molar-refractivity contribution in [2.75, 3.05) is 26.7 Å². The molecule has 118 valence electrons. The van der Waals surface area contributed by atoms with Gasteiger partial charge in [-0.15, -0.1) is 0 Å². The van der Waals surface area contributed by atoms with Gasteiger partial charge in [0.05, 0.1) is 0 Å². The third-order valence-electron chi connectivity index (χ3n) is 5.04. The Kier molecular flexibility index (Phi) is 6.25. The molecule has 1 aliphatic heterocycles. The van der Waals surface area contributed by atoms with Gasteiger partial charge in [0, 0.05) is 13.1 Å². The number of nitrogens with zero attached hydrogens (tertiary/aromatic N) is 1. The average molecular weight is 288 g/mol. The number of piperidine rings is 1. The summed E-state index contributed by atoms with van der Waals surface area (Å²) >= 11 is 0. The van der Waals surface area contributed by atoms with Crippen LogP contribution < -0.4 is 5.32 Å². The first-order valence-corrected chi connectivity index (χ1v) is 8.56. The molecule has 1 aromatic rings. The Labute approximate surface area is 130 Å². The van der Waals surface area contributed by atoms with E-state index in [-0.39, 0.29) is 0 Å². The highest BCUT2D eigenvalue weighted by Gasteiger charge is 2.21. The molecule has 2 rings (SSSR count). The van der Waals surface area contributed by atoms with Gasteiger partial charge in [-0.05, 0) is 61.9 Å². The summed E-state index contributed by atoms with van der Waals surface area (Å²) in [6.07, 6.45) is 2.74. The Balaban J connectivity index is 1.84. The minimum atomic E-state index is 0.589. The molecule has 0 radical (unpaired) electrons. The number of hydrogen-bond acceptors (Lipinski definition) is 2. The normalized spacial score (nSPS) is 19.1. The van der Waals surface area contributed by atoms with E-state index in [9.17, 15) is 0 Å². The molecule has 1 saturated heterocycles. The van der Waals surface area contributed by atoms with Gasteiger partial charge in [0.25, 0.3) is 0 Å². The fourth-order valence-electron chi connectivity index (χ4n) is 3.41. The molecule has 0 spiro atoms. The Hall–Kier alpha value is -0.860. The van der Waals surface area contributed by atoms with E-state index in [1.807, 2.05) is 7.05 Å². The molecule has 1 aromatic carbocycles. The van der Waals surface area contributed by atoms with Crippen molar-refractivity contribution in [1.29, 1.82) is 0 Å². The van der Waals surface area contributed by atoms with Crippen LogP contribution in [0.3, 0.4) is 0 Å². The van der Waals surface area contributed by atoms with Gasteiger partial charge >= 0.3 is 0 Å². The number of rotatable bonds is 6. The first-order valence-electron chi connectivity index (χ1n) is 8.56. The van der Waals surface area contributed by atoms with Gasteiger partial charge in [0.15, 0.2) is 0 Å². The monoisotopic (exact) mass is 288 g/mol. The summed E-state index contributed by atoms with van der Waals surface area (Å²) in [5, 5.41) is 3.25. The van der Waals surface area contributed by atoms with Gasteiger partial charge in [0.1, 0.15) is 0 Å². The van der Waals surface area contributed by atoms with Gasteiger partial charge in [0.2, 0.25) is 0 Å². The van der Waals surface area contributed by atoms with E-state index in [1.54, 1.807) is 0 Å². The number of likely N-dealkylation sites (N-methyl/N-ethyl adjacent to an activating group) is 1. The smallest absolute Gasteiger partial charge is 0.0233 e. The van der Waals surface area contributed by atoms with Crippen LogP contribution in [0, 0.1) is 11.8 Å². The molecule has 1 unspecified atom stereocenters. The molecule has 1 fully saturated rings. The maximum Gasteiger partial charge on any atom is 0.0233 e. The van der Waals surface area contributed by atoms with E-state index in [2.05, 4.69) is 55.3 Å². The van der Waals surface area contributed by atoms with E-state index in [0.29, 0.717) is 5.92 Å². The lowest BCUT2D eigenvalue weighted by atomic mass is 9.86. The minimum absolute atomic E-state index is 0.589. The molecular weight excluding hydrogens is 256 g/mol. The molecule has 21 heavy (non-hydrogen) atoms. The number of likely N-dealkylation sites (tertiary alicyclic amines) is 1. The average Bonchev–Trinajstić information content (AvgIpc) is 2.49. The zero-order valence-corrected chi connectivity index (χ0v) is 14.2. The Bertz CT molecular complexity index is 402. The standard InChI is InChI=1S/C19H32N2/c1-15(2)18-9-11-21(12-10-18)14-17-5-7-19(8-6-17)16(3)13-20-4/h5-8,15-16,18,20H,9-14H2,1-4H3.